The van der Waals surface area contributed by atoms with Crippen molar-refractivity contribution in [2.45, 2.75) is 50.7 Å². The first-order valence-corrected chi connectivity index (χ1v) is 15.4. The fraction of sp³-hybridized carbons (Fsp3) is 0.310. The molecule has 1 atom stereocenters. The molecule has 3 rings (SSSR count). The minimum absolute atomic E-state index is 0.00319. The molecule has 0 bridgehead atoms. The Hall–Kier alpha value is -2.98. The fourth-order valence-electron chi connectivity index (χ4n) is 4.15. The van der Waals surface area contributed by atoms with E-state index in [1.54, 1.807) is 25.1 Å². The Morgan fingerprint density at radius 1 is 0.927 bits per heavy atom. The lowest BCUT2D eigenvalue weighted by atomic mass is 10.1. The standard InChI is InChI=1S/C29H32Cl3N3O5S/c1-5-27(29(37)33-19(2)3)34(17-20-6-15-25(31)26(32)16-20)28(36)18-35(22-9-7-21(30)8-10-22)41(38,39)24-13-11-23(40-4)12-14-24/h6-16,19,27H,5,17-18H2,1-4H3,(H,33,37)/t27-/m1/s1. The van der Waals surface area contributed by atoms with Gasteiger partial charge in [0.2, 0.25) is 11.8 Å². The monoisotopic (exact) mass is 639 g/mol. The number of sulfonamides is 1. The van der Waals surface area contributed by atoms with Crippen molar-refractivity contribution in [1.82, 2.24) is 10.2 Å². The zero-order valence-corrected chi connectivity index (χ0v) is 26.2. The summed E-state index contributed by atoms with van der Waals surface area (Å²) in [6.07, 6.45) is 0.289. The number of ether oxygens (including phenoxy) is 1. The summed E-state index contributed by atoms with van der Waals surface area (Å²) in [5, 5.41) is 3.89. The normalized spacial score (nSPS) is 12.1. The molecule has 41 heavy (non-hydrogen) atoms. The van der Waals surface area contributed by atoms with Crippen molar-refractivity contribution in [3.05, 3.63) is 87.4 Å². The molecule has 0 heterocycles. The predicted molar refractivity (Wildman–Crippen MR) is 163 cm³/mol. The summed E-state index contributed by atoms with van der Waals surface area (Å²) in [4.78, 5) is 28.6. The van der Waals surface area contributed by atoms with E-state index in [2.05, 4.69) is 5.32 Å². The lowest BCUT2D eigenvalue weighted by molar-refractivity contribution is -0.140. The largest absolute Gasteiger partial charge is 0.497 e. The van der Waals surface area contributed by atoms with Crippen molar-refractivity contribution < 1.29 is 22.7 Å². The molecule has 3 aromatic rings. The Morgan fingerprint density at radius 3 is 2.10 bits per heavy atom. The molecule has 0 aromatic heterocycles. The number of nitrogens with one attached hydrogen (secondary N) is 1. The van der Waals surface area contributed by atoms with Crippen molar-refractivity contribution in [3.8, 4) is 5.75 Å². The minimum atomic E-state index is -4.23. The van der Waals surface area contributed by atoms with Gasteiger partial charge in [-0.25, -0.2) is 8.42 Å². The Morgan fingerprint density at radius 2 is 1.56 bits per heavy atom. The third-order valence-corrected chi connectivity index (χ3v) is 8.97. The van der Waals surface area contributed by atoms with Gasteiger partial charge < -0.3 is 15.0 Å². The summed E-state index contributed by atoms with van der Waals surface area (Å²) >= 11 is 18.4. The third-order valence-electron chi connectivity index (χ3n) is 6.19. The van der Waals surface area contributed by atoms with Gasteiger partial charge in [-0.3, -0.25) is 13.9 Å². The Bertz CT molecular complexity index is 1470. The van der Waals surface area contributed by atoms with Crippen LogP contribution >= 0.6 is 34.8 Å². The number of methoxy groups -OCH3 is 1. The summed E-state index contributed by atoms with van der Waals surface area (Å²) in [5.74, 6) is -0.464. The van der Waals surface area contributed by atoms with E-state index in [-0.39, 0.29) is 35.5 Å². The van der Waals surface area contributed by atoms with Crippen LogP contribution < -0.4 is 14.4 Å². The molecular formula is C29H32Cl3N3O5S. The van der Waals surface area contributed by atoms with Gasteiger partial charge in [0.15, 0.2) is 0 Å². The molecular weight excluding hydrogens is 609 g/mol. The summed E-state index contributed by atoms with van der Waals surface area (Å²) in [5.41, 5.74) is 0.854. The highest BCUT2D eigenvalue weighted by Crippen LogP contribution is 2.28. The van der Waals surface area contributed by atoms with Crippen LogP contribution in [0.1, 0.15) is 32.8 Å². The van der Waals surface area contributed by atoms with Crippen LogP contribution in [0.15, 0.2) is 71.6 Å². The smallest absolute Gasteiger partial charge is 0.264 e. The highest BCUT2D eigenvalue weighted by atomic mass is 35.5. The Labute approximate surface area is 256 Å². The van der Waals surface area contributed by atoms with E-state index in [0.717, 1.165) is 4.31 Å². The van der Waals surface area contributed by atoms with Gasteiger partial charge in [-0.15, -0.1) is 0 Å². The highest BCUT2D eigenvalue weighted by Gasteiger charge is 2.34. The van der Waals surface area contributed by atoms with Gasteiger partial charge in [0.1, 0.15) is 18.3 Å². The molecule has 3 aromatic carbocycles. The molecule has 0 radical (unpaired) electrons. The second-order valence-corrected chi connectivity index (χ2v) is 12.6. The van der Waals surface area contributed by atoms with E-state index >= 15 is 0 Å². The molecule has 2 amide bonds. The van der Waals surface area contributed by atoms with Gasteiger partial charge in [-0.2, -0.15) is 0 Å². The number of carbonyl (C=O) groups is 2. The van der Waals surface area contributed by atoms with Gasteiger partial charge >= 0.3 is 0 Å². The fourth-order valence-corrected chi connectivity index (χ4v) is 6.01. The van der Waals surface area contributed by atoms with Gasteiger partial charge in [-0.05, 0) is 86.5 Å². The van der Waals surface area contributed by atoms with E-state index in [0.29, 0.717) is 26.4 Å². The second kappa shape index (κ2) is 14.3. The number of benzene rings is 3. The van der Waals surface area contributed by atoms with Crippen LogP contribution in [0.3, 0.4) is 0 Å². The van der Waals surface area contributed by atoms with Gasteiger partial charge in [0.05, 0.1) is 27.7 Å². The first-order chi connectivity index (χ1) is 19.4. The van der Waals surface area contributed by atoms with Crippen LogP contribution in [0.4, 0.5) is 5.69 Å². The van der Waals surface area contributed by atoms with Crippen LogP contribution in [0.25, 0.3) is 0 Å². The maximum Gasteiger partial charge on any atom is 0.264 e. The van der Waals surface area contributed by atoms with Crippen LogP contribution in [-0.4, -0.2) is 50.9 Å². The number of carbonyl (C=O) groups excluding carboxylic acids is 2. The predicted octanol–water partition coefficient (Wildman–Crippen LogP) is 6.18. The van der Waals surface area contributed by atoms with E-state index < -0.39 is 28.5 Å². The lowest BCUT2D eigenvalue weighted by Crippen LogP contribution is -2.53. The van der Waals surface area contributed by atoms with Crippen molar-refractivity contribution in [1.29, 1.82) is 0 Å². The van der Waals surface area contributed by atoms with Gasteiger partial charge in [0, 0.05) is 17.6 Å². The quantitative estimate of drug-likeness (QED) is 0.255. The minimum Gasteiger partial charge on any atom is -0.497 e. The second-order valence-electron chi connectivity index (χ2n) is 9.52. The van der Waals surface area contributed by atoms with E-state index in [4.69, 9.17) is 39.5 Å². The first-order valence-electron chi connectivity index (χ1n) is 12.8. The highest BCUT2D eigenvalue weighted by molar-refractivity contribution is 7.92. The number of rotatable bonds is 12. The number of nitrogens with zero attached hydrogens (tertiary/aromatic N) is 2. The summed E-state index contributed by atoms with van der Waals surface area (Å²) in [6, 6.07) is 15.8. The van der Waals surface area contributed by atoms with Crippen LogP contribution in [-0.2, 0) is 26.2 Å². The summed E-state index contributed by atoms with van der Waals surface area (Å²) in [7, 11) is -2.75. The maximum atomic E-state index is 14.1. The molecule has 0 unspecified atom stereocenters. The molecule has 12 heteroatoms. The van der Waals surface area contributed by atoms with Crippen LogP contribution in [0.5, 0.6) is 5.75 Å². The number of halogens is 3. The zero-order chi connectivity index (χ0) is 30.3. The molecule has 0 fully saturated rings. The molecule has 0 saturated carbocycles. The summed E-state index contributed by atoms with van der Waals surface area (Å²) < 4.78 is 34.0. The SMILES string of the molecule is CC[C@H](C(=O)NC(C)C)N(Cc1ccc(Cl)c(Cl)c1)C(=O)CN(c1ccc(Cl)cc1)S(=O)(=O)c1ccc(OC)cc1. The molecule has 8 nitrogen and oxygen atoms in total. The number of amides is 2. The van der Waals surface area contributed by atoms with E-state index in [1.165, 1.54) is 60.5 Å². The maximum absolute atomic E-state index is 14.1. The number of hydrogen-bond donors (Lipinski definition) is 1. The molecule has 0 aliphatic rings. The molecule has 1 N–H and O–H groups in total. The van der Waals surface area contributed by atoms with Crippen LogP contribution in [0.2, 0.25) is 15.1 Å². The van der Waals surface area contributed by atoms with Crippen molar-refractivity contribution >= 4 is 62.3 Å². The lowest BCUT2D eigenvalue weighted by Gasteiger charge is -2.33. The first kappa shape index (κ1) is 32.5. The van der Waals surface area contributed by atoms with Crippen LogP contribution in [0, 0.1) is 0 Å². The van der Waals surface area contributed by atoms with Crippen molar-refractivity contribution in [3.63, 3.8) is 0 Å². The molecule has 0 aliphatic carbocycles. The molecule has 0 spiro atoms. The zero-order valence-electron chi connectivity index (χ0n) is 23.1. The Balaban J connectivity index is 2.07. The van der Waals surface area contributed by atoms with E-state index in [1.807, 2.05) is 13.8 Å². The number of anilines is 1. The average Bonchev–Trinajstić information content (AvgIpc) is 2.93. The number of hydrogen-bond acceptors (Lipinski definition) is 5. The van der Waals surface area contributed by atoms with Crippen molar-refractivity contribution in [2.75, 3.05) is 18.0 Å². The van der Waals surface area contributed by atoms with Crippen molar-refractivity contribution in [2.24, 2.45) is 0 Å². The van der Waals surface area contributed by atoms with E-state index in [9.17, 15) is 18.0 Å². The summed E-state index contributed by atoms with van der Waals surface area (Å²) in [6.45, 7) is 4.84. The molecule has 0 aliphatic heterocycles. The Kier molecular flexibility index (Phi) is 11.3. The average molecular weight is 641 g/mol. The third kappa shape index (κ3) is 8.29. The molecule has 0 saturated heterocycles. The van der Waals surface area contributed by atoms with Gasteiger partial charge in [-0.1, -0.05) is 47.8 Å². The molecule has 220 valence electrons. The van der Waals surface area contributed by atoms with Gasteiger partial charge in [0.25, 0.3) is 10.0 Å². The topological polar surface area (TPSA) is 96.0 Å².